The van der Waals surface area contributed by atoms with Crippen molar-refractivity contribution in [3.05, 3.63) is 62.6 Å². The lowest BCUT2D eigenvalue weighted by Crippen LogP contribution is -2.52. The molecule has 0 saturated carbocycles. The van der Waals surface area contributed by atoms with Gasteiger partial charge in [0.1, 0.15) is 12.6 Å². The van der Waals surface area contributed by atoms with Crippen LogP contribution >= 0.6 is 34.8 Å². The van der Waals surface area contributed by atoms with Gasteiger partial charge in [-0.05, 0) is 54.7 Å². The number of aryl methyl sites for hydroxylation is 1. The number of rotatable bonds is 11. The summed E-state index contributed by atoms with van der Waals surface area (Å²) < 4.78 is 26.3. The summed E-state index contributed by atoms with van der Waals surface area (Å²) in [7, 11) is -3.85. The molecule has 11 heteroatoms. The van der Waals surface area contributed by atoms with Crippen molar-refractivity contribution in [2.45, 2.75) is 46.7 Å². The van der Waals surface area contributed by atoms with Crippen molar-refractivity contribution in [3.8, 4) is 0 Å². The van der Waals surface area contributed by atoms with Crippen LogP contribution in [0.2, 0.25) is 15.1 Å². The number of hydrogen-bond donors (Lipinski definition) is 1. The summed E-state index contributed by atoms with van der Waals surface area (Å²) in [5, 5.41) is 4.01. The summed E-state index contributed by atoms with van der Waals surface area (Å²) >= 11 is 18.6. The quantitative estimate of drug-likeness (QED) is 0.393. The van der Waals surface area contributed by atoms with E-state index in [1.807, 2.05) is 13.8 Å². The molecule has 2 aromatic carbocycles. The molecule has 1 unspecified atom stereocenters. The molecule has 0 radical (unpaired) electrons. The number of sulfonamides is 1. The molecule has 2 rings (SSSR count). The molecule has 1 N–H and O–H groups in total. The number of carbonyl (C=O) groups excluding carboxylic acids is 2. The lowest BCUT2D eigenvalue weighted by Gasteiger charge is -2.33. The Morgan fingerprint density at radius 2 is 1.69 bits per heavy atom. The Morgan fingerprint density at radius 1 is 1.03 bits per heavy atom. The maximum Gasteiger partial charge on any atom is 0.244 e. The van der Waals surface area contributed by atoms with Crippen LogP contribution in [0.1, 0.15) is 38.3 Å². The summed E-state index contributed by atoms with van der Waals surface area (Å²) in [5.41, 5.74) is 1.60. The Morgan fingerprint density at radius 3 is 2.22 bits per heavy atom. The summed E-state index contributed by atoms with van der Waals surface area (Å²) in [4.78, 5) is 28.1. The van der Waals surface area contributed by atoms with Crippen molar-refractivity contribution in [1.82, 2.24) is 10.2 Å². The fraction of sp³-hybridized carbons (Fsp3) is 0.440. The van der Waals surface area contributed by atoms with Gasteiger partial charge in [-0.1, -0.05) is 67.7 Å². The minimum Gasteiger partial charge on any atom is -0.354 e. The van der Waals surface area contributed by atoms with E-state index in [-0.39, 0.29) is 24.1 Å². The number of anilines is 1. The molecule has 0 aliphatic rings. The molecule has 0 saturated heterocycles. The molecule has 0 aromatic heterocycles. The van der Waals surface area contributed by atoms with Gasteiger partial charge < -0.3 is 10.2 Å². The van der Waals surface area contributed by atoms with E-state index in [2.05, 4.69) is 5.32 Å². The van der Waals surface area contributed by atoms with Gasteiger partial charge >= 0.3 is 0 Å². The van der Waals surface area contributed by atoms with Gasteiger partial charge in [0.2, 0.25) is 21.8 Å². The molecule has 1 atom stereocenters. The first-order chi connectivity index (χ1) is 16.7. The number of carbonyl (C=O) groups is 2. The topological polar surface area (TPSA) is 86.8 Å². The zero-order chi connectivity index (χ0) is 27.2. The number of halogens is 3. The highest BCUT2D eigenvalue weighted by Gasteiger charge is 2.32. The van der Waals surface area contributed by atoms with Gasteiger partial charge in [-0.25, -0.2) is 8.42 Å². The standard InChI is InChI=1S/C25H32Cl3N3O4S/c1-6-23(25(33)29-13-16(2)3)30(14-18-8-9-19(26)11-22(18)28)24(32)15-31(36(5,34)35)20-10-7-17(4)21(27)12-20/h7-12,16,23H,6,13-15H2,1-5H3,(H,29,33). The van der Waals surface area contributed by atoms with Gasteiger partial charge in [-0.15, -0.1) is 0 Å². The van der Waals surface area contributed by atoms with Crippen molar-refractivity contribution in [3.63, 3.8) is 0 Å². The summed E-state index contributed by atoms with van der Waals surface area (Å²) in [6.45, 7) is 7.43. The van der Waals surface area contributed by atoms with Crippen LogP contribution in [0.4, 0.5) is 5.69 Å². The molecular formula is C25H32Cl3N3O4S. The maximum absolute atomic E-state index is 13.7. The molecule has 0 aliphatic heterocycles. The fourth-order valence-corrected chi connectivity index (χ4v) is 5.01. The molecular weight excluding hydrogens is 545 g/mol. The van der Waals surface area contributed by atoms with E-state index >= 15 is 0 Å². The van der Waals surface area contributed by atoms with Crippen molar-refractivity contribution in [2.75, 3.05) is 23.7 Å². The van der Waals surface area contributed by atoms with E-state index in [0.717, 1.165) is 16.1 Å². The molecule has 0 heterocycles. The van der Waals surface area contributed by atoms with Crippen LogP contribution in [-0.4, -0.2) is 50.5 Å². The van der Waals surface area contributed by atoms with Crippen molar-refractivity contribution in [2.24, 2.45) is 5.92 Å². The second-order valence-corrected chi connectivity index (χ2v) is 12.2. The molecule has 0 fully saturated rings. The van der Waals surface area contributed by atoms with Crippen molar-refractivity contribution < 1.29 is 18.0 Å². The summed E-state index contributed by atoms with van der Waals surface area (Å²) in [5.74, 6) is -0.670. The van der Waals surface area contributed by atoms with E-state index in [1.165, 1.54) is 11.0 Å². The molecule has 0 spiro atoms. The normalized spacial score (nSPS) is 12.4. The average Bonchev–Trinajstić information content (AvgIpc) is 2.78. The van der Waals surface area contributed by atoms with Gasteiger partial charge in [0.25, 0.3) is 0 Å². The molecule has 0 aliphatic carbocycles. The van der Waals surface area contributed by atoms with Crippen LogP contribution < -0.4 is 9.62 Å². The van der Waals surface area contributed by atoms with Gasteiger partial charge in [-0.2, -0.15) is 0 Å². The zero-order valence-electron chi connectivity index (χ0n) is 21.0. The Bertz CT molecular complexity index is 1210. The fourth-order valence-electron chi connectivity index (χ4n) is 3.53. The van der Waals surface area contributed by atoms with Crippen LogP contribution in [0.5, 0.6) is 0 Å². The van der Waals surface area contributed by atoms with Crippen LogP contribution in [-0.2, 0) is 26.2 Å². The van der Waals surface area contributed by atoms with Crippen LogP contribution in [0, 0.1) is 12.8 Å². The van der Waals surface area contributed by atoms with E-state index in [9.17, 15) is 18.0 Å². The number of nitrogens with zero attached hydrogens (tertiary/aromatic N) is 2. The first-order valence-electron chi connectivity index (χ1n) is 11.5. The van der Waals surface area contributed by atoms with Gasteiger partial charge in [-0.3, -0.25) is 13.9 Å². The Labute approximate surface area is 228 Å². The largest absolute Gasteiger partial charge is 0.354 e. The lowest BCUT2D eigenvalue weighted by atomic mass is 10.1. The van der Waals surface area contributed by atoms with E-state index in [0.29, 0.717) is 33.6 Å². The monoisotopic (exact) mass is 575 g/mol. The minimum atomic E-state index is -3.85. The first kappa shape index (κ1) is 30.2. The van der Waals surface area contributed by atoms with Crippen LogP contribution in [0.25, 0.3) is 0 Å². The smallest absolute Gasteiger partial charge is 0.244 e. The van der Waals surface area contributed by atoms with E-state index in [1.54, 1.807) is 44.2 Å². The second-order valence-electron chi connectivity index (χ2n) is 9.02. The van der Waals surface area contributed by atoms with Gasteiger partial charge in [0.15, 0.2) is 0 Å². The summed E-state index contributed by atoms with van der Waals surface area (Å²) in [6, 6.07) is 8.80. The summed E-state index contributed by atoms with van der Waals surface area (Å²) in [6.07, 6.45) is 1.33. The highest BCUT2D eigenvalue weighted by Crippen LogP contribution is 2.27. The third kappa shape index (κ3) is 8.26. The molecule has 2 aromatic rings. The number of amides is 2. The molecule has 0 bridgehead atoms. The van der Waals surface area contributed by atoms with Crippen LogP contribution in [0.15, 0.2) is 36.4 Å². The highest BCUT2D eigenvalue weighted by atomic mass is 35.5. The third-order valence-corrected chi connectivity index (χ3v) is 7.68. The molecule has 2 amide bonds. The predicted octanol–water partition coefficient (Wildman–Crippen LogP) is 5.30. The van der Waals surface area contributed by atoms with Gasteiger partial charge in [0, 0.05) is 28.2 Å². The Balaban J connectivity index is 2.48. The lowest BCUT2D eigenvalue weighted by molar-refractivity contribution is -0.140. The van der Waals surface area contributed by atoms with Crippen molar-refractivity contribution >= 4 is 62.3 Å². The highest BCUT2D eigenvalue weighted by molar-refractivity contribution is 7.92. The zero-order valence-corrected chi connectivity index (χ0v) is 24.1. The number of nitrogens with one attached hydrogen (secondary N) is 1. The molecule has 36 heavy (non-hydrogen) atoms. The average molecular weight is 577 g/mol. The third-order valence-electron chi connectivity index (χ3n) is 5.55. The SMILES string of the molecule is CCC(C(=O)NCC(C)C)N(Cc1ccc(Cl)cc1Cl)C(=O)CN(c1ccc(C)c(Cl)c1)S(C)(=O)=O. The maximum atomic E-state index is 13.7. The molecule has 198 valence electrons. The number of benzene rings is 2. The number of hydrogen-bond acceptors (Lipinski definition) is 4. The Hall–Kier alpha value is -2.00. The second kappa shape index (κ2) is 13.0. The Kier molecular flexibility index (Phi) is 10.9. The predicted molar refractivity (Wildman–Crippen MR) is 147 cm³/mol. The van der Waals surface area contributed by atoms with Crippen LogP contribution in [0.3, 0.4) is 0 Å². The van der Waals surface area contributed by atoms with Crippen molar-refractivity contribution in [1.29, 1.82) is 0 Å². The first-order valence-corrected chi connectivity index (χ1v) is 14.5. The van der Waals surface area contributed by atoms with E-state index < -0.39 is 28.5 Å². The van der Waals surface area contributed by atoms with E-state index in [4.69, 9.17) is 34.8 Å². The molecule has 7 nitrogen and oxygen atoms in total. The minimum absolute atomic E-state index is 0.00526. The van der Waals surface area contributed by atoms with Gasteiger partial charge in [0.05, 0.1) is 11.9 Å².